The molecule has 18 heavy (non-hydrogen) atoms. The van der Waals surface area contributed by atoms with E-state index in [1.54, 1.807) is 0 Å². The summed E-state index contributed by atoms with van der Waals surface area (Å²) >= 11 is 0. The quantitative estimate of drug-likeness (QED) is 0.293. The van der Waals surface area contributed by atoms with Crippen molar-refractivity contribution in [1.82, 2.24) is 0 Å². The fourth-order valence-corrected chi connectivity index (χ4v) is 1.47. The molecule has 4 atom stereocenters. The van der Waals surface area contributed by atoms with Gasteiger partial charge in [-0.05, 0) is 13.8 Å². The lowest BCUT2D eigenvalue weighted by molar-refractivity contribution is -0.474. The Labute approximate surface area is 105 Å². The van der Waals surface area contributed by atoms with Crippen LogP contribution in [-0.2, 0) is 19.0 Å². The molecule has 0 aliphatic carbocycles. The van der Waals surface area contributed by atoms with E-state index in [-0.39, 0.29) is 12.9 Å². The SMILES string of the molecule is CCOC(O)(C(C)(O)OC)C(O)(OC)C(O)C=O. The zero-order valence-electron chi connectivity index (χ0n) is 10.8. The van der Waals surface area contributed by atoms with Crippen LogP contribution in [0.1, 0.15) is 13.8 Å². The highest BCUT2D eigenvalue weighted by atomic mass is 16.8. The highest BCUT2D eigenvalue weighted by molar-refractivity contribution is 5.58. The number of aldehydes is 1. The minimum Gasteiger partial charge on any atom is -0.380 e. The van der Waals surface area contributed by atoms with E-state index in [1.807, 2.05) is 0 Å². The molecule has 4 N–H and O–H groups in total. The molecule has 0 rings (SSSR count). The zero-order valence-corrected chi connectivity index (χ0v) is 10.8. The number of aliphatic hydroxyl groups is 4. The Kier molecular flexibility index (Phi) is 5.82. The van der Waals surface area contributed by atoms with Crippen molar-refractivity contribution in [1.29, 1.82) is 0 Å². The van der Waals surface area contributed by atoms with Gasteiger partial charge in [0, 0.05) is 20.8 Å². The van der Waals surface area contributed by atoms with Crippen LogP contribution in [0.4, 0.5) is 0 Å². The first-order valence-corrected chi connectivity index (χ1v) is 5.21. The summed E-state index contributed by atoms with van der Waals surface area (Å²) < 4.78 is 14.0. The first-order chi connectivity index (χ1) is 8.16. The van der Waals surface area contributed by atoms with E-state index < -0.39 is 23.5 Å². The van der Waals surface area contributed by atoms with Crippen LogP contribution in [0.2, 0.25) is 0 Å². The minimum absolute atomic E-state index is 0.0702. The Hall–Kier alpha value is -0.610. The van der Waals surface area contributed by atoms with Gasteiger partial charge in [-0.1, -0.05) is 0 Å². The summed E-state index contributed by atoms with van der Waals surface area (Å²) in [6, 6.07) is 0. The second-order valence-corrected chi connectivity index (χ2v) is 3.75. The summed E-state index contributed by atoms with van der Waals surface area (Å²) in [5, 5.41) is 39.7. The van der Waals surface area contributed by atoms with E-state index in [0.717, 1.165) is 21.1 Å². The fraction of sp³-hybridized carbons (Fsp3) is 0.900. The smallest absolute Gasteiger partial charge is 0.279 e. The number of hydrogen-bond acceptors (Lipinski definition) is 8. The van der Waals surface area contributed by atoms with Crippen molar-refractivity contribution >= 4 is 6.29 Å². The van der Waals surface area contributed by atoms with Crippen LogP contribution in [0, 0.1) is 0 Å². The molecule has 0 saturated carbocycles. The first kappa shape index (κ1) is 17.4. The molecule has 0 aromatic rings. The Balaban J connectivity index is 5.76. The van der Waals surface area contributed by atoms with E-state index in [9.17, 15) is 25.2 Å². The Morgan fingerprint density at radius 1 is 1.22 bits per heavy atom. The van der Waals surface area contributed by atoms with Gasteiger partial charge in [0.15, 0.2) is 12.4 Å². The summed E-state index contributed by atoms with van der Waals surface area (Å²) in [7, 11) is 1.95. The van der Waals surface area contributed by atoms with Crippen molar-refractivity contribution in [3.8, 4) is 0 Å². The molecule has 8 nitrogen and oxygen atoms in total. The maximum atomic E-state index is 10.6. The zero-order chi connectivity index (χ0) is 14.6. The maximum Gasteiger partial charge on any atom is 0.279 e. The van der Waals surface area contributed by atoms with E-state index in [2.05, 4.69) is 9.47 Å². The number of carbonyl (C=O) groups is 1. The third kappa shape index (κ3) is 2.54. The van der Waals surface area contributed by atoms with Crippen molar-refractivity contribution in [2.45, 2.75) is 37.3 Å². The monoisotopic (exact) mass is 268 g/mol. The second kappa shape index (κ2) is 6.02. The topological polar surface area (TPSA) is 126 Å². The van der Waals surface area contributed by atoms with E-state index in [1.165, 1.54) is 6.92 Å². The lowest BCUT2D eigenvalue weighted by Crippen LogP contribution is -2.73. The molecule has 0 bridgehead atoms. The third-order valence-electron chi connectivity index (χ3n) is 2.71. The van der Waals surface area contributed by atoms with Gasteiger partial charge >= 0.3 is 0 Å². The highest BCUT2D eigenvalue weighted by Crippen LogP contribution is 2.37. The van der Waals surface area contributed by atoms with Crippen LogP contribution in [0.3, 0.4) is 0 Å². The van der Waals surface area contributed by atoms with Crippen LogP contribution in [0.5, 0.6) is 0 Å². The summed E-state index contributed by atoms with van der Waals surface area (Å²) in [5.41, 5.74) is 0. The molecule has 108 valence electrons. The number of hydrogen-bond donors (Lipinski definition) is 4. The van der Waals surface area contributed by atoms with Gasteiger partial charge in [-0.25, -0.2) is 0 Å². The standard InChI is InChI=1S/C10H20O8/c1-5-18-10(15,8(2,13)16-3)9(14,17-4)7(12)6-11/h6-7,12-15H,5H2,1-4H3. The van der Waals surface area contributed by atoms with Gasteiger partial charge in [-0.3, -0.25) is 0 Å². The van der Waals surface area contributed by atoms with Crippen LogP contribution >= 0.6 is 0 Å². The van der Waals surface area contributed by atoms with Gasteiger partial charge in [0.2, 0.25) is 5.79 Å². The molecule has 0 aliphatic rings. The van der Waals surface area contributed by atoms with Crippen molar-refractivity contribution in [3.05, 3.63) is 0 Å². The second-order valence-electron chi connectivity index (χ2n) is 3.75. The number of rotatable bonds is 8. The average Bonchev–Trinajstić information content (AvgIpc) is 2.36. The van der Waals surface area contributed by atoms with E-state index in [4.69, 9.17) is 4.74 Å². The van der Waals surface area contributed by atoms with Gasteiger partial charge < -0.3 is 39.4 Å². The molecule has 0 saturated heterocycles. The number of carbonyl (C=O) groups excluding carboxylic acids is 1. The molecule has 0 aromatic heterocycles. The molecule has 0 radical (unpaired) electrons. The lowest BCUT2D eigenvalue weighted by atomic mass is 9.92. The average molecular weight is 268 g/mol. The maximum absolute atomic E-state index is 10.6. The molecule has 0 fully saturated rings. The van der Waals surface area contributed by atoms with Gasteiger partial charge in [-0.15, -0.1) is 0 Å². The fourth-order valence-electron chi connectivity index (χ4n) is 1.47. The summed E-state index contributed by atoms with van der Waals surface area (Å²) in [6.45, 7) is 2.28. The van der Waals surface area contributed by atoms with Crippen molar-refractivity contribution in [2.75, 3.05) is 20.8 Å². The van der Waals surface area contributed by atoms with Crippen molar-refractivity contribution in [3.63, 3.8) is 0 Å². The van der Waals surface area contributed by atoms with Crippen LogP contribution in [0.25, 0.3) is 0 Å². The third-order valence-corrected chi connectivity index (χ3v) is 2.71. The van der Waals surface area contributed by atoms with Gasteiger partial charge in [-0.2, -0.15) is 0 Å². The molecule has 4 unspecified atom stereocenters. The minimum atomic E-state index is -2.91. The van der Waals surface area contributed by atoms with E-state index >= 15 is 0 Å². The predicted molar refractivity (Wildman–Crippen MR) is 58.2 cm³/mol. The van der Waals surface area contributed by atoms with E-state index in [0.29, 0.717) is 0 Å². The van der Waals surface area contributed by atoms with Crippen LogP contribution in [-0.4, -0.2) is 71.0 Å². The van der Waals surface area contributed by atoms with Crippen LogP contribution in [0.15, 0.2) is 0 Å². The molecule has 0 spiro atoms. The largest absolute Gasteiger partial charge is 0.380 e. The lowest BCUT2D eigenvalue weighted by Gasteiger charge is -2.48. The number of aliphatic hydroxyl groups excluding tert-OH is 1. The predicted octanol–water partition coefficient (Wildman–Crippen LogP) is -2.04. The summed E-state index contributed by atoms with van der Waals surface area (Å²) in [4.78, 5) is 10.6. The number of methoxy groups -OCH3 is 2. The Morgan fingerprint density at radius 3 is 2.00 bits per heavy atom. The molecular weight excluding hydrogens is 248 g/mol. The normalized spacial score (nSPS) is 23.6. The van der Waals surface area contributed by atoms with Gasteiger partial charge in [0.25, 0.3) is 11.6 Å². The summed E-state index contributed by atoms with van der Waals surface area (Å²) in [5.74, 6) is -8.25. The summed E-state index contributed by atoms with van der Waals surface area (Å²) in [6.07, 6.45) is -2.24. The molecule has 0 amide bonds. The Bertz CT molecular complexity index is 281. The Morgan fingerprint density at radius 2 is 1.72 bits per heavy atom. The molecule has 0 heterocycles. The van der Waals surface area contributed by atoms with Crippen LogP contribution < -0.4 is 0 Å². The first-order valence-electron chi connectivity index (χ1n) is 5.21. The van der Waals surface area contributed by atoms with Gasteiger partial charge in [0.1, 0.15) is 0 Å². The molecule has 0 aromatic carbocycles. The molecular formula is C10H20O8. The van der Waals surface area contributed by atoms with Crippen molar-refractivity contribution < 1.29 is 39.4 Å². The number of ether oxygens (including phenoxy) is 3. The van der Waals surface area contributed by atoms with Gasteiger partial charge in [0.05, 0.1) is 0 Å². The molecule has 0 aliphatic heterocycles. The van der Waals surface area contributed by atoms with Crippen molar-refractivity contribution in [2.24, 2.45) is 0 Å². The highest BCUT2D eigenvalue weighted by Gasteiger charge is 2.66. The molecule has 8 heteroatoms.